The average Bonchev–Trinajstić information content (AvgIpc) is 2.94. The molecule has 0 radical (unpaired) electrons. The zero-order valence-electron chi connectivity index (χ0n) is 16.3. The van der Waals surface area contributed by atoms with E-state index < -0.39 is 5.97 Å². The van der Waals surface area contributed by atoms with Gasteiger partial charge < -0.3 is 20.0 Å². The number of hydrogen-bond donors (Lipinski definition) is 2. The van der Waals surface area contributed by atoms with Crippen molar-refractivity contribution in [1.82, 2.24) is 20.1 Å². The number of pyridine rings is 1. The Bertz CT molecular complexity index is 872. The van der Waals surface area contributed by atoms with Crippen molar-refractivity contribution in [1.29, 1.82) is 0 Å². The van der Waals surface area contributed by atoms with Gasteiger partial charge in [-0.1, -0.05) is 0 Å². The van der Waals surface area contributed by atoms with Crippen LogP contribution >= 0.6 is 0 Å². The third-order valence-corrected chi connectivity index (χ3v) is 4.43. The Morgan fingerprint density at radius 3 is 2.34 bits per heavy atom. The lowest BCUT2D eigenvalue weighted by molar-refractivity contribution is -0.122. The summed E-state index contributed by atoms with van der Waals surface area (Å²) in [5.74, 6) is -0.486. The maximum Gasteiger partial charge on any atom is 0.356 e. The molecule has 3 heterocycles. The molecule has 0 unspecified atom stereocenters. The van der Waals surface area contributed by atoms with Gasteiger partial charge >= 0.3 is 5.97 Å². The molecule has 0 spiro atoms. The number of hydrogen-bond acceptors (Lipinski definition) is 7. The number of carboxylic acid groups (broad SMARTS) is 2. The summed E-state index contributed by atoms with van der Waals surface area (Å²) < 4.78 is 0. The smallest absolute Gasteiger partial charge is 0.356 e. The Hall–Kier alpha value is -3.56. The first kappa shape index (κ1) is 21.7. The molecule has 1 aliphatic heterocycles. The number of amides is 1. The van der Waals surface area contributed by atoms with E-state index in [2.05, 4.69) is 15.2 Å². The number of carbonyl (C=O) groups is 3. The second-order valence-electron chi connectivity index (χ2n) is 6.41. The van der Waals surface area contributed by atoms with Crippen molar-refractivity contribution in [3.63, 3.8) is 0 Å². The molecule has 0 bridgehead atoms. The summed E-state index contributed by atoms with van der Waals surface area (Å²) >= 11 is 0. The van der Waals surface area contributed by atoms with E-state index in [9.17, 15) is 9.59 Å². The summed E-state index contributed by atoms with van der Waals surface area (Å²) in [5.41, 5.74) is 2.19. The second-order valence-corrected chi connectivity index (χ2v) is 6.41. The quantitative estimate of drug-likeness (QED) is 0.728. The second kappa shape index (κ2) is 10.1. The number of aromatic nitrogens is 3. The van der Waals surface area contributed by atoms with Crippen LogP contribution in [0.3, 0.4) is 0 Å². The van der Waals surface area contributed by atoms with E-state index in [1.807, 2.05) is 35.8 Å². The number of aromatic carboxylic acids is 1. The molecule has 2 aromatic rings. The molecule has 2 aromatic heterocycles. The zero-order chi connectivity index (χ0) is 21.4. The monoisotopic (exact) mass is 401 g/mol. The minimum absolute atomic E-state index is 0.0100. The van der Waals surface area contributed by atoms with Crippen LogP contribution in [0, 0.1) is 13.8 Å². The average molecular weight is 401 g/mol. The van der Waals surface area contributed by atoms with Gasteiger partial charge in [-0.3, -0.25) is 14.6 Å². The molecule has 1 aliphatic rings. The highest BCUT2D eigenvalue weighted by Gasteiger charge is 2.22. The molecule has 154 valence electrons. The van der Waals surface area contributed by atoms with E-state index in [4.69, 9.17) is 15.0 Å². The third-order valence-electron chi connectivity index (χ3n) is 4.43. The first-order chi connectivity index (χ1) is 13.9. The predicted octanol–water partition coefficient (Wildman–Crippen LogP) is 1.24. The number of anilines is 1. The summed E-state index contributed by atoms with van der Waals surface area (Å²) in [5, 5.41) is 23.5. The molecule has 10 heteroatoms. The van der Waals surface area contributed by atoms with E-state index in [0.29, 0.717) is 31.0 Å². The minimum atomic E-state index is -1.10. The van der Waals surface area contributed by atoms with Crippen LogP contribution in [0.1, 0.15) is 38.7 Å². The Kier molecular flexibility index (Phi) is 7.58. The van der Waals surface area contributed by atoms with Gasteiger partial charge in [-0.05, 0) is 44.5 Å². The summed E-state index contributed by atoms with van der Waals surface area (Å²) in [7, 11) is 0. The number of nitrogens with zero attached hydrogens (tertiary/aromatic N) is 5. The number of carbonyl (C=O) groups excluding carboxylic acids is 1. The summed E-state index contributed by atoms with van der Waals surface area (Å²) in [6.07, 6.45) is 0.798. The van der Waals surface area contributed by atoms with Gasteiger partial charge in [-0.25, -0.2) is 4.79 Å². The Labute approximate surface area is 167 Å². The fourth-order valence-corrected chi connectivity index (χ4v) is 3.04. The lowest BCUT2D eigenvalue weighted by Crippen LogP contribution is -2.36. The Morgan fingerprint density at radius 2 is 1.76 bits per heavy atom. The van der Waals surface area contributed by atoms with Gasteiger partial charge in [0.2, 0.25) is 0 Å². The van der Waals surface area contributed by atoms with Crippen molar-refractivity contribution in [3.8, 4) is 0 Å². The maximum absolute atomic E-state index is 12.8. The van der Waals surface area contributed by atoms with Crippen LogP contribution in [-0.4, -0.2) is 74.8 Å². The van der Waals surface area contributed by atoms with Gasteiger partial charge in [-0.15, -0.1) is 10.2 Å². The molecule has 1 fully saturated rings. The van der Waals surface area contributed by atoms with Crippen LogP contribution in [0.5, 0.6) is 0 Å². The van der Waals surface area contributed by atoms with Gasteiger partial charge in [0.05, 0.1) is 11.3 Å². The molecular weight excluding hydrogens is 378 g/mol. The number of rotatable bonds is 3. The molecule has 10 nitrogen and oxygen atoms in total. The maximum atomic E-state index is 12.8. The first-order valence-electron chi connectivity index (χ1n) is 9.00. The molecule has 2 N–H and O–H groups in total. The van der Waals surface area contributed by atoms with Crippen LogP contribution in [-0.2, 0) is 4.79 Å². The van der Waals surface area contributed by atoms with Crippen molar-refractivity contribution in [2.45, 2.75) is 20.3 Å². The fourth-order valence-electron chi connectivity index (χ4n) is 3.04. The van der Waals surface area contributed by atoms with Gasteiger partial charge in [0, 0.05) is 31.9 Å². The molecule has 0 aromatic carbocycles. The van der Waals surface area contributed by atoms with E-state index in [-0.39, 0.29) is 18.1 Å². The lowest BCUT2D eigenvalue weighted by atomic mass is 10.1. The first-order valence-corrected chi connectivity index (χ1v) is 9.00. The van der Waals surface area contributed by atoms with Gasteiger partial charge in [0.25, 0.3) is 12.4 Å². The van der Waals surface area contributed by atoms with E-state index in [1.165, 1.54) is 6.07 Å². The standard InChI is InChI=1S/C18H21N5O3.CH2O2/c1-12-4-5-14(13(2)19-12)17(24)23-9-3-8-22(10-11-23)16-7-6-15(18(25)26)20-21-16;2-1-3/h4-7H,3,8-11H2,1-2H3,(H,25,26);1H,(H,2,3). The van der Waals surface area contributed by atoms with Crippen molar-refractivity contribution < 1.29 is 24.6 Å². The Balaban J connectivity index is 0.000000941. The molecule has 0 saturated carbocycles. The normalized spacial score (nSPS) is 13.7. The van der Waals surface area contributed by atoms with Gasteiger partial charge in [0.1, 0.15) is 0 Å². The predicted molar refractivity (Wildman–Crippen MR) is 104 cm³/mol. The highest BCUT2D eigenvalue weighted by atomic mass is 16.4. The van der Waals surface area contributed by atoms with Crippen LogP contribution in [0.2, 0.25) is 0 Å². The largest absolute Gasteiger partial charge is 0.483 e. The molecule has 1 amide bonds. The highest BCUT2D eigenvalue weighted by Crippen LogP contribution is 2.16. The summed E-state index contributed by atoms with van der Waals surface area (Å²) in [6.45, 7) is 6.07. The van der Waals surface area contributed by atoms with Crippen molar-refractivity contribution in [3.05, 3.63) is 46.9 Å². The van der Waals surface area contributed by atoms with Crippen LogP contribution in [0.4, 0.5) is 5.82 Å². The molecule has 1 saturated heterocycles. The summed E-state index contributed by atoms with van der Waals surface area (Å²) in [4.78, 5) is 40.3. The van der Waals surface area contributed by atoms with Crippen molar-refractivity contribution in [2.24, 2.45) is 0 Å². The fraction of sp³-hybridized carbons (Fsp3) is 0.368. The Morgan fingerprint density at radius 1 is 1.03 bits per heavy atom. The van der Waals surface area contributed by atoms with Gasteiger partial charge in [-0.2, -0.15) is 0 Å². The SMILES string of the molecule is Cc1ccc(C(=O)N2CCCN(c3ccc(C(=O)O)nn3)CC2)c(C)n1.O=CO. The van der Waals surface area contributed by atoms with Crippen LogP contribution in [0.15, 0.2) is 24.3 Å². The molecule has 29 heavy (non-hydrogen) atoms. The van der Waals surface area contributed by atoms with Crippen LogP contribution in [0.25, 0.3) is 0 Å². The van der Waals surface area contributed by atoms with E-state index in [0.717, 1.165) is 24.4 Å². The van der Waals surface area contributed by atoms with Crippen molar-refractivity contribution in [2.75, 3.05) is 31.1 Å². The number of aryl methyl sites for hydroxylation is 2. The lowest BCUT2D eigenvalue weighted by Gasteiger charge is -2.23. The zero-order valence-corrected chi connectivity index (χ0v) is 16.3. The molecule has 0 atom stereocenters. The van der Waals surface area contributed by atoms with Crippen molar-refractivity contribution >= 4 is 24.2 Å². The van der Waals surface area contributed by atoms with Gasteiger partial charge in [0.15, 0.2) is 11.5 Å². The summed E-state index contributed by atoms with van der Waals surface area (Å²) in [6, 6.07) is 6.78. The van der Waals surface area contributed by atoms with E-state index in [1.54, 1.807) is 6.07 Å². The molecular formula is C19H23N5O5. The minimum Gasteiger partial charge on any atom is -0.483 e. The van der Waals surface area contributed by atoms with E-state index >= 15 is 0 Å². The highest BCUT2D eigenvalue weighted by molar-refractivity contribution is 5.95. The topological polar surface area (TPSA) is 137 Å². The molecule has 0 aliphatic carbocycles. The van der Waals surface area contributed by atoms with Crippen LogP contribution < -0.4 is 4.90 Å². The third kappa shape index (κ3) is 5.71. The molecule has 3 rings (SSSR count). The number of carboxylic acids is 1.